The molecule has 1 N–H and O–H groups in total. The lowest BCUT2D eigenvalue weighted by Gasteiger charge is -2.39. The third-order valence-corrected chi connectivity index (χ3v) is 14.2. The zero-order valence-corrected chi connectivity index (χ0v) is 45.4. The fourth-order valence-corrected chi connectivity index (χ4v) is 9.13. The summed E-state index contributed by atoms with van der Waals surface area (Å²) in [5.74, 6) is -81.5. The Morgan fingerprint density at radius 2 is 1.08 bits per heavy atom. The molecular weight excluding hydrogens is 1330 g/mol. The van der Waals surface area contributed by atoms with Crippen molar-refractivity contribution >= 4 is 19.8 Å². The van der Waals surface area contributed by atoms with Crippen LogP contribution in [0.3, 0.4) is 0 Å². The van der Waals surface area contributed by atoms with Crippen LogP contribution in [0.25, 0.3) is 0 Å². The lowest BCUT2D eigenvalue weighted by Crippen LogP contribution is -2.70. The van der Waals surface area contributed by atoms with Gasteiger partial charge in [0.2, 0.25) is 5.88 Å². The highest BCUT2D eigenvalue weighted by atomic mass is 31.2. The number of carbonyl (C=O) groups is 2. The number of ether oxygens (including phenoxy) is 5. The third-order valence-electron chi connectivity index (χ3n) is 12.8. The van der Waals surface area contributed by atoms with Gasteiger partial charge in [0.25, 0.3) is 5.56 Å². The van der Waals surface area contributed by atoms with Crippen LogP contribution in [-0.2, 0) is 46.7 Å². The van der Waals surface area contributed by atoms with Crippen LogP contribution in [0.15, 0.2) is 39.4 Å². The molecule has 4 rings (SSSR count). The van der Waals surface area contributed by atoms with Crippen molar-refractivity contribution in [3.8, 4) is 5.88 Å². The largest absolute Gasteiger partial charge is 0.477 e. The highest BCUT2D eigenvalue weighted by molar-refractivity contribution is 7.48. The Balaban J connectivity index is 1.48. The van der Waals surface area contributed by atoms with E-state index in [1.54, 1.807) is 0 Å². The molecule has 0 saturated carbocycles. The average molecular weight is 1380 g/mol. The summed E-state index contributed by atoms with van der Waals surface area (Å²) in [6, 6.07) is 0. The maximum absolute atomic E-state index is 14.4. The Bertz CT molecular complexity index is 3100. The Kier molecular flexibility index (Phi) is 22.2. The molecule has 18 nitrogen and oxygen atoms in total. The number of phosphoric acid groups is 1. The molecule has 7 atom stereocenters. The molecule has 89 heavy (non-hydrogen) atoms. The first-order chi connectivity index (χ1) is 40.1. The van der Waals surface area contributed by atoms with Crippen LogP contribution >= 0.6 is 7.82 Å². The average Bonchev–Trinajstić information content (AvgIpc) is 1.34. The molecule has 4 heterocycles. The number of H-pyrrole nitrogens is 1. The first-order valence-corrected chi connectivity index (χ1v) is 25.9. The number of nitrogens with zero attached hydrogens (tertiary/aromatic N) is 3. The molecule has 2 aliphatic rings. The molecule has 0 aliphatic carbocycles. The van der Waals surface area contributed by atoms with Crippen molar-refractivity contribution in [3.63, 3.8) is 0 Å². The molecule has 2 saturated heterocycles. The Hall–Kier alpha value is -5.75. The van der Waals surface area contributed by atoms with Gasteiger partial charge in [-0.05, 0) is 20.3 Å². The summed E-state index contributed by atoms with van der Waals surface area (Å²) in [7, 11) is -5.10. The Morgan fingerprint density at radius 1 is 0.629 bits per heavy atom. The van der Waals surface area contributed by atoms with Gasteiger partial charge in [-0.2, -0.15) is 119 Å². The van der Waals surface area contributed by atoms with Gasteiger partial charge >= 0.3 is 103 Å². The number of carbonyl (C=O) groups excluding carboxylic acids is 2. The predicted octanol–water partition coefficient (Wildman–Crippen LogP) is 11.0. The van der Waals surface area contributed by atoms with Crippen LogP contribution in [0.5, 0.6) is 5.88 Å². The smallest absolute Gasteiger partial charge is 0.475 e. The Morgan fingerprint density at radius 3 is 1.57 bits per heavy atom. The minimum Gasteiger partial charge on any atom is -0.477 e. The molecule has 2 fully saturated rings. The zero-order valence-electron chi connectivity index (χ0n) is 44.5. The van der Waals surface area contributed by atoms with E-state index in [2.05, 4.69) is 21.0 Å². The van der Waals surface area contributed by atoms with E-state index in [4.69, 9.17) is 27.8 Å². The number of alkyl halides is 26. The fourth-order valence-electron chi connectivity index (χ4n) is 7.76. The first-order valence-electron chi connectivity index (χ1n) is 24.4. The number of nitrogens with one attached hydrogen (secondary N) is 1. The van der Waals surface area contributed by atoms with Gasteiger partial charge in [-0.15, -0.1) is 6.58 Å². The maximum Gasteiger partial charge on any atom is 0.475 e. The standard InChI is InChI=1S/C44H43F26N4O14P/c1-5-11-83-89(80,88-23-15-26(85-21(23)6-2)74-17-20(4)30(72-32(74)79)82-13-10-34(47,48)36(51,52)38(55,56)40(59,60)42(63,64)44(68,69)70)84-18-24-22(14-25(86-24)73-16-19(3)29(77)71-31(73)78)87-28(76)8-7-27(75)81-12-9-33(45,46)35(49,50)37(53,54)39(57,58)41(61,62)43(65,66)67/h5,16-17,21-26H,1,6-15,18H2,2-4H3,(H,71,77,78). The molecule has 0 amide bonds. The number of rotatable bonds is 30. The molecular formula is C44H43F26N4O14P. The summed E-state index contributed by atoms with van der Waals surface area (Å²) in [6.07, 6.45) is -31.5. The van der Waals surface area contributed by atoms with E-state index in [0.29, 0.717) is 4.57 Å². The summed E-state index contributed by atoms with van der Waals surface area (Å²) in [5.41, 5.74) is -4.10. The topological polar surface area (TPSA) is 215 Å². The Labute approximate surface area is 478 Å². The van der Waals surface area contributed by atoms with E-state index in [1.165, 1.54) is 13.8 Å². The van der Waals surface area contributed by atoms with Crippen LogP contribution in [0.4, 0.5) is 114 Å². The number of phosphoric ester groups is 1. The van der Waals surface area contributed by atoms with Crippen LogP contribution < -0.4 is 21.7 Å². The van der Waals surface area contributed by atoms with Crippen molar-refractivity contribution < 1.29 is 166 Å². The number of hydrogen-bond donors (Lipinski definition) is 1. The molecule has 2 aromatic heterocycles. The monoisotopic (exact) mass is 1380 g/mol. The minimum absolute atomic E-state index is 0.101. The molecule has 510 valence electrons. The summed E-state index contributed by atoms with van der Waals surface area (Å²) in [4.78, 5) is 68.5. The second-order valence-corrected chi connectivity index (χ2v) is 20.7. The third kappa shape index (κ3) is 14.8. The highest BCUT2D eigenvalue weighted by Crippen LogP contribution is 2.63. The van der Waals surface area contributed by atoms with Crippen molar-refractivity contribution in [1.82, 2.24) is 19.1 Å². The summed E-state index contributed by atoms with van der Waals surface area (Å²) in [5, 5.41) is 0. The van der Waals surface area contributed by atoms with E-state index in [-0.39, 0.29) is 12.0 Å². The van der Waals surface area contributed by atoms with Gasteiger partial charge in [0.05, 0.1) is 64.3 Å². The second-order valence-electron chi connectivity index (χ2n) is 19.1. The van der Waals surface area contributed by atoms with Gasteiger partial charge in [0, 0.05) is 36.4 Å². The van der Waals surface area contributed by atoms with E-state index in [9.17, 15) is 143 Å². The SMILES string of the molecule is C=CCOP(=O)(OCC1OC(n2cc(C)c(=O)[nH]c2=O)CC1OC(=O)CCC(=O)OCCC(F)(F)C(F)(F)C(F)(F)C(F)(F)C(F)(F)C(F)(F)F)OC1CC(n2cc(C)c(OCCC(F)(F)C(F)(F)C(F)(F)C(F)(F)C(F)(F)C(F)(F)F)nc2=O)OC1CC. The van der Waals surface area contributed by atoms with Gasteiger partial charge in [-0.25, -0.2) is 14.2 Å². The van der Waals surface area contributed by atoms with Crippen LogP contribution in [0.2, 0.25) is 0 Å². The summed E-state index contributed by atoms with van der Waals surface area (Å²) in [6.45, 7) is 1.03. The summed E-state index contributed by atoms with van der Waals surface area (Å²) >= 11 is 0. The number of aryl methyl sites for hydroxylation is 2. The van der Waals surface area contributed by atoms with Crippen molar-refractivity contribution in [2.75, 3.05) is 26.4 Å². The van der Waals surface area contributed by atoms with E-state index >= 15 is 0 Å². The van der Waals surface area contributed by atoms with E-state index < -0.39 is 222 Å². The second kappa shape index (κ2) is 26.1. The predicted molar refractivity (Wildman–Crippen MR) is 238 cm³/mol. The zero-order chi connectivity index (χ0) is 68.7. The number of halogens is 26. The van der Waals surface area contributed by atoms with Gasteiger partial charge in [0.1, 0.15) is 24.7 Å². The van der Waals surface area contributed by atoms with Gasteiger partial charge in [-0.1, -0.05) is 13.0 Å². The first kappa shape index (κ1) is 75.7. The lowest BCUT2D eigenvalue weighted by atomic mass is 9.93. The molecule has 45 heteroatoms. The molecule has 0 bridgehead atoms. The van der Waals surface area contributed by atoms with Crippen LogP contribution in [0, 0.1) is 13.8 Å². The quantitative estimate of drug-likeness (QED) is 0.0333. The molecule has 7 unspecified atom stereocenters. The van der Waals surface area contributed by atoms with E-state index in [1.807, 2.05) is 4.98 Å². The molecule has 0 radical (unpaired) electrons. The van der Waals surface area contributed by atoms with Crippen LogP contribution in [-0.4, -0.2) is 153 Å². The molecule has 2 aliphatic heterocycles. The number of hydrogen-bond acceptors (Lipinski definition) is 15. The fraction of sp³-hybridized carbons (Fsp3) is 0.727. The minimum atomic E-state index is -8.20. The van der Waals surface area contributed by atoms with E-state index in [0.717, 1.165) is 30.0 Å². The van der Waals surface area contributed by atoms with Crippen molar-refractivity contribution in [2.24, 2.45) is 0 Å². The van der Waals surface area contributed by atoms with Crippen LogP contribution in [0.1, 0.15) is 75.5 Å². The summed E-state index contributed by atoms with van der Waals surface area (Å²) < 4.78 is 409. The molecule has 0 spiro atoms. The number of aromatic amines is 1. The number of esters is 2. The van der Waals surface area contributed by atoms with Gasteiger partial charge in [-0.3, -0.25) is 42.1 Å². The van der Waals surface area contributed by atoms with Gasteiger partial charge < -0.3 is 23.7 Å². The number of aromatic nitrogens is 4. The maximum atomic E-state index is 14.4. The highest BCUT2D eigenvalue weighted by Gasteiger charge is 2.92. The van der Waals surface area contributed by atoms with Gasteiger partial charge in [0.15, 0.2) is 0 Å². The van der Waals surface area contributed by atoms with Crippen molar-refractivity contribution in [2.45, 2.75) is 174 Å². The lowest BCUT2D eigenvalue weighted by molar-refractivity contribution is -0.440. The molecule has 0 aromatic carbocycles. The van der Waals surface area contributed by atoms with Crippen molar-refractivity contribution in [3.05, 3.63) is 67.5 Å². The molecule has 2 aromatic rings. The van der Waals surface area contributed by atoms with Crippen molar-refractivity contribution in [1.29, 1.82) is 0 Å². The normalized spacial score (nSPS) is 21.4.